The van der Waals surface area contributed by atoms with E-state index in [-0.39, 0.29) is 5.91 Å². The summed E-state index contributed by atoms with van der Waals surface area (Å²) in [5.74, 6) is 0.611. The third-order valence-electron chi connectivity index (χ3n) is 4.69. The Kier molecular flexibility index (Phi) is 5.54. The molecule has 126 valence electrons. The Morgan fingerprint density at radius 1 is 1.21 bits per heavy atom. The molecule has 1 aromatic heterocycles. The fourth-order valence-electron chi connectivity index (χ4n) is 3.09. The molecule has 5 nitrogen and oxygen atoms in total. The van der Waals surface area contributed by atoms with Crippen LogP contribution in [-0.4, -0.2) is 40.9 Å². The minimum Gasteiger partial charge on any atom is -0.321 e. The second kappa shape index (κ2) is 8.02. The van der Waals surface area contributed by atoms with E-state index >= 15 is 0 Å². The molecule has 1 saturated heterocycles. The molecule has 0 aliphatic carbocycles. The quantitative estimate of drug-likeness (QED) is 0.918. The van der Waals surface area contributed by atoms with Crippen molar-refractivity contribution in [2.45, 2.75) is 25.7 Å². The molecule has 1 fully saturated rings. The van der Waals surface area contributed by atoms with Gasteiger partial charge in [-0.1, -0.05) is 12.1 Å². The molecule has 1 amide bonds. The molecule has 0 bridgehead atoms. The number of anilines is 1. The molecule has 0 atom stereocenters. The summed E-state index contributed by atoms with van der Waals surface area (Å²) in [6, 6.07) is 8.11. The standard InChI is InChI=1S/C19H24N4O/c1-23-12-8-16(9-13-23)3-2-15-4-6-17(7-5-15)22-19(24)18-14-20-10-11-21-18/h4-7,10-11,14,16H,2-3,8-9,12-13H2,1H3,(H,22,24). The minimum absolute atomic E-state index is 0.234. The van der Waals surface area contributed by atoms with E-state index in [4.69, 9.17) is 0 Å². The van der Waals surface area contributed by atoms with Crippen molar-refractivity contribution >= 4 is 11.6 Å². The van der Waals surface area contributed by atoms with Crippen molar-refractivity contribution in [1.29, 1.82) is 0 Å². The Labute approximate surface area is 143 Å². The van der Waals surface area contributed by atoms with Crippen molar-refractivity contribution in [3.05, 3.63) is 54.1 Å². The van der Waals surface area contributed by atoms with E-state index in [1.54, 1.807) is 6.20 Å². The zero-order chi connectivity index (χ0) is 16.8. The third kappa shape index (κ3) is 4.61. The molecular weight excluding hydrogens is 300 g/mol. The maximum Gasteiger partial charge on any atom is 0.275 e. The number of aryl methyl sites for hydroxylation is 1. The summed E-state index contributed by atoms with van der Waals surface area (Å²) in [5.41, 5.74) is 2.43. The first-order valence-corrected chi connectivity index (χ1v) is 8.55. The minimum atomic E-state index is -0.234. The number of benzene rings is 1. The van der Waals surface area contributed by atoms with E-state index in [9.17, 15) is 4.79 Å². The highest BCUT2D eigenvalue weighted by atomic mass is 16.1. The Bertz CT molecular complexity index is 649. The number of amides is 1. The highest BCUT2D eigenvalue weighted by Gasteiger charge is 2.16. The van der Waals surface area contributed by atoms with Gasteiger partial charge < -0.3 is 10.2 Å². The van der Waals surface area contributed by atoms with Crippen molar-refractivity contribution in [2.75, 3.05) is 25.5 Å². The summed E-state index contributed by atoms with van der Waals surface area (Å²) in [6.07, 6.45) is 9.50. The van der Waals surface area contributed by atoms with Gasteiger partial charge in [0, 0.05) is 18.1 Å². The van der Waals surface area contributed by atoms with Crippen LogP contribution in [0.25, 0.3) is 0 Å². The van der Waals surface area contributed by atoms with Crippen LogP contribution in [-0.2, 0) is 6.42 Å². The zero-order valence-corrected chi connectivity index (χ0v) is 14.1. The van der Waals surface area contributed by atoms with Gasteiger partial charge in [-0.25, -0.2) is 4.98 Å². The van der Waals surface area contributed by atoms with Gasteiger partial charge in [0.05, 0.1) is 6.20 Å². The van der Waals surface area contributed by atoms with Gasteiger partial charge in [-0.05, 0) is 69.4 Å². The molecule has 1 aliphatic heterocycles. The summed E-state index contributed by atoms with van der Waals surface area (Å²) in [4.78, 5) is 22.4. The molecule has 2 heterocycles. The number of hydrogen-bond acceptors (Lipinski definition) is 4. The topological polar surface area (TPSA) is 58.1 Å². The number of nitrogens with zero attached hydrogens (tertiary/aromatic N) is 3. The second-order valence-corrected chi connectivity index (χ2v) is 6.53. The molecule has 0 unspecified atom stereocenters. The highest BCUT2D eigenvalue weighted by molar-refractivity contribution is 6.02. The molecule has 1 aliphatic rings. The summed E-state index contributed by atoms with van der Waals surface area (Å²) < 4.78 is 0. The van der Waals surface area contributed by atoms with Crippen LogP contribution in [0.15, 0.2) is 42.9 Å². The van der Waals surface area contributed by atoms with Crippen LogP contribution < -0.4 is 5.32 Å². The lowest BCUT2D eigenvalue weighted by Crippen LogP contribution is -2.30. The van der Waals surface area contributed by atoms with E-state index in [1.165, 1.54) is 50.3 Å². The first kappa shape index (κ1) is 16.6. The average Bonchev–Trinajstić information content (AvgIpc) is 2.63. The number of aromatic nitrogens is 2. The Balaban J connectivity index is 1.49. The van der Waals surface area contributed by atoms with Crippen molar-refractivity contribution in [3.63, 3.8) is 0 Å². The van der Waals surface area contributed by atoms with Crippen LogP contribution in [0.4, 0.5) is 5.69 Å². The second-order valence-electron chi connectivity index (χ2n) is 6.53. The first-order chi connectivity index (χ1) is 11.7. The van der Waals surface area contributed by atoms with Gasteiger partial charge in [0.2, 0.25) is 0 Å². The van der Waals surface area contributed by atoms with Gasteiger partial charge in [0.25, 0.3) is 5.91 Å². The van der Waals surface area contributed by atoms with Crippen LogP contribution in [0, 0.1) is 5.92 Å². The molecule has 2 aromatic rings. The maximum absolute atomic E-state index is 12.0. The Morgan fingerprint density at radius 3 is 2.62 bits per heavy atom. The van der Waals surface area contributed by atoms with Gasteiger partial charge in [-0.2, -0.15) is 0 Å². The average molecular weight is 324 g/mol. The van der Waals surface area contributed by atoms with Crippen LogP contribution in [0.3, 0.4) is 0 Å². The van der Waals surface area contributed by atoms with E-state index in [2.05, 4.69) is 39.4 Å². The number of carbonyl (C=O) groups is 1. The molecule has 3 rings (SSSR count). The van der Waals surface area contributed by atoms with E-state index < -0.39 is 0 Å². The highest BCUT2D eigenvalue weighted by Crippen LogP contribution is 2.22. The van der Waals surface area contributed by atoms with Gasteiger partial charge in [-0.3, -0.25) is 9.78 Å². The fraction of sp³-hybridized carbons (Fsp3) is 0.421. The van der Waals surface area contributed by atoms with Crippen LogP contribution in [0.5, 0.6) is 0 Å². The van der Waals surface area contributed by atoms with Gasteiger partial charge in [0.1, 0.15) is 5.69 Å². The molecule has 1 N–H and O–H groups in total. The normalized spacial score (nSPS) is 16.0. The number of rotatable bonds is 5. The molecule has 24 heavy (non-hydrogen) atoms. The largest absolute Gasteiger partial charge is 0.321 e. The van der Waals surface area contributed by atoms with E-state index in [0.29, 0.717) is 5.69 Å². The van der Waals surface area contributed by atoms with Crippen molar-refractivity contribution < 1.29 is 4.79 Å². The summed E-state index contributed by atoms with van der Waals surface area (Å²) >= 11 is 0. The predicted molar refractivity (Wildman–Crippen MR) is 95.0 cm³/mol. The van der Waals surface area contributed by atoms with Crippen LogP contribution >= 0.6 is 0 Å². The lowest BCUT2D eigenvalue weighted by molar-refractivity contribution is 0.102. The lowest BCUT2D eigenvalue weighted by Gasteiger charge is -2.28. The SMILES string of the molecule is CN1CCC(CCc2ccc(NC(=O)c3cnccn3)cc2)CC1. The molecular formula is C19H24N4O. The Hall–Kier alpha value is -2.27. The molecule has 0 saturated carbocycles. The number of piperidine rings is 1. The number of likely N-dealkylation sites (tertiary alicyclic amines) is 1. The summed E-state index contributed by atoms with van der Waals surface area (Å²) in [5, 5.41) is 2.85. The van der Waals surface area contributed by atoms with Crippen molar-refractivity contribution in [1.82, 2.24) is 14.9 Å². The monoisotopic (exact) mass is 324 g/mol. The number of nitrogens with one attached hydrogen (secondary N) is 1. The molecule has 0 radical (unpaired) electrons. The smallest absolute Gasteiger partial charge is 0.275 e. The van der Waals surface area contributed by atoms with E-state index in [1.807, 2.05) is 12.1 Å². The maximum atomic E-state index is 12.0. The number of hydrogen-bond donors (Lipinski definition) is 1. The van der Waals surface area contributed by atoms with Gasteiger partial charge >= 0.3 is 0 Å². The van der Waals surface area contributed by atoms with Crippen molar-refractivity contribution in [3.8, 4) is 0 Å². The van der Waals surface area contributed by atoms with Crippen LogP contribution in [0.2, 0.25) is 0 Å². The van der Waals surface area contributed by atoms with Crippen molar-refractivity contribution in [2.24, 2.45) is 5.92 Å². The predicted octanol–water partition coefficient (Wildman–Crippen LogP) is 3.00. The zero-order valence-electron chi connectivity index (χ0n) is 14.1. The van der Waals surface area contributed by atoms with Crippen LogP contribution in [0.1, 0.15) is 35.3 Å². The lowest BCUT2D eigenvalue weighted by atomic mass is 9.91. The summed E-state index contributed by atoms with van der Waals surface area (Å²) in [7, 11) is 2.20. The van der Waals surface area contributed by atoms with Gasteiger partial charge in [0.15, 0.2) is 0 Å². The van der Waals surface area contributed by atoms with Gasteiger partial charge in [-0.15, -0.1) is 0 Å². The third-order valence-corrected chi connectivity index (χ3v) is 4.69. The summed E-state index contributed by atoms with van der Waals surface area (Å²) in [6.45, 7) is 2.44. The Morgan fingerprint density at radius 2 is 1.96 bits per heavy atom. The number of carbonyl (C=O) groups excluding carboxylic acids is 1. The van der Waals surface area contributed by atoms with E-state index in [0.717, 1.165) is 18.0 Å². The molecule has 5 heteroatoms. The molecule has 0 spiro atoms. The fourth-order valence-corrected chi connectivity index (χ4v) is 3.09. The molecule has 1 aromatic carbocycles. The first-order valence-electron chi connectivity index (χ1n) is 8.55.